The van der Waals surface area contributed by atoms with Crippen molar-refractivity contribution < 1.29 is 19.2 Å². The van der Waals surface area contributed by atoms with E-state index >= 15 is 0 Å². The Hall–Kier alpha value is -3.49. The van der Waals surface area contributed by atoms with Gasteiger partial charge in [-0.25, -0.2) is 0 Å². The molecule has 1 N–H and O–H groups in total. The number of pyridine rings is 1. The summed E-state index contributed by atoms with van der Waals surface area (Å²) in [5.74, 6) is -1.20. The van der Waals surface area contributed by atoms with Crippen LogP contribution in [0.15, 0.2) is 36.4 Å². The van der Waals surface area contributed by atoms with Crippen LogP contribution in [0.5, 0.6) is 5.75 Å². The summed E-state index contributed by atoms with van der Waals surface area (Å²) >= 11 is 0. The topological polar surface area (TPSA) is 115 Å². The highest BCUT2D eigenvalue weighted by molar-refractivity contribution is 6.05. The average molecular weight is 356 g/mol. The van der Waals surface area contributed by atoms with E-state index in [1.807, 2.05) is 13.0 Å². The van der Waals surface area contributed by atoms with Crippen LogP contribution in [0.1, 0.15) is 12.5 Å². The van der Waals surface area contributed by atoms with Gasteiger partial charge < -0.3 is 20.2 Å². The maximum atomic E-state index is 12.4. The maximum Gasteiger partial charge on any atom is 0.366 e. The van der Waals surface area contributed by atoms with Crippen molar-refractivity contribution in [3.05, 3.63) is 52.1 Å². The smallest absolute Gasteiger partial charge is 0.366 e. The second-order valence-corrected chi connectivity index (χ2v) is 5.85. The molecule has 1 aliphatic rings. The lowest BCUT2D eigenvalue weighted by Gasteiger charge is -2.28. The molecular formula is C17H16N4O5. The number of anilines is 2. The normalized spacial score (nSPS) is 15.8. The zero-order valence-corrected chi connectivity index (χ0v) is 14.1. The van der Waals surface area contributed by atoms with Crippen molar-refractivity contribution in [3.8, 4) is 5.75 Å². The van der Waals surface area contributed by atoms with Crippen molar-refractivity contribution in [1.29, 1.82) is 0 Å². The Bertz CT molecular complexity index is 898. The number of nitrogens with one attached hydrogen (secondary N) is 1. The van der Waals surface area contributed by atoms with E-state index in [1.165, 1.54) is 19.1 Å². The number of fused-ring (bicyclic) bond motifs is 1. The van der Waals surface area contributed by atoms with Crippen molar-refractivity contribution >= 4 is 29.1 Å². The van der Waals surface area contributed by atoms with Gasteiger partial charge in [-0.1, -0.05) is 12.1 Å². The minimum atomic E-state index is -0.822. The first-order valence-corrected chi connectivity index (χ1v) is 7.85. The van der Waals surface area contributed by atoms with Crippen LogP contribution < -0.4 is 15.0 Å². The molecule has 1 aromatic heterocycles. The quantitative estimate of drug-likeness (QED) is 0.662. The van der Waals surface area contributed by atoms with Crippen LogP contribution in [0.4, 0.5) is 17.3 Å². The number of benzene rings is 1. The highest BCUT2D eigenvalue weighted by atomic mass is 16.6. The number of amides is 2. The summed E-state index contributed by atoms with van der Waals surface area (Å²) in [4.78, 5) is 40.0. The third kappa shape index (κ3) is 3.46. The summed E-state index contributed by atoms with van der Waals surface area (Å²) in [6.07, 6.45) is -0.822. The van der Waals surface area contributed by atoms with Gasteiger partial charge in [-0.15, -0.1) is 0 Å². The fourth-order valence-electron chi connectivity index (χ4n) is 2.60. The number of hydrogen-bond acceptors (Lipinski definition) is 6. The lowest BCUT2D eigenvalue weighted by Crippen LogP contribution is -2.48. The molecule has 0 saturated carbocycles. The monoisotopic (exact) mass is 356 g/mol. The number of hydrogen-bond donors (Lipinski definition) is 1. The molecule has 9 heteroatoms. The van der Waals surface area contributed by atoms with E-state index in [-0.39, 0.29) is 18.1 Å². The molecule has 134 valence electrons. The first-order valence-electron chi connectivity index (χ1n) is 7.85. The van der Waals surface area contributed by atoms with Gasteiger partial charge >= 0.3 is 5.82 Å². The van der Waals surface area contributed by atoms with E-state index in [4.69, 9.17) is 4.74 Å². The summed E-state index contributed by atoms with van der Waals surface area (Å²) < 4.78 is 5.42. The van der Waals surface area contributed by atoms with Gasteiger partial charge in [0.2, 0.25) is 5.91 Å². The largest absolute Gasteiger partial charge is 0.475 e. The van der Waals surface area contributed by atoms with Crippen LogP contribution in [0.3, 0.4) is 0 Å². The molecule has 0 aliphatic carbocycles. The highest BCUT2D eigenvalue weighted by Crippen LogP contribution is 2.33. The standard InChI is InChI=1S/C17H16N4O5/c1-10-4-3-5-12(8-10)18-15(22)9-20-16-13(26-11(2)17(20)23)6-7-14(19-16)21(24)25/h3-8,11H,9H2,1-2H3,(H,18,22). The molecule has 2 heterocycles. The highest BCUT2D eigenvalue weighted by Gasteiger charge is 2.37. The molecule has 2 aromatic rings. The van der Waals surface area contributed by atoms with Crippen LogP contribution in [0.2, 0.25) is 0 Å². The van der Waals surface area contributed by atoms with Crippen molar-refractivity contribution in [2.75, 3.05) is 16.8 Å². The number of rotatable bonds is 4. The molecule has 0 bridgehead atoms. The number of nitro groups is 1. The number of aryl methyl sites for hydroxylation is 1. The predicted octanol–water partition coefficient (Wildman–Crippen LogP) is 2.05. The average Bonchev–Trinajstić information content (AvgIpc) is 2.58. The fourth-order valence-corrected chi connectivity index (χ4v) is 2.60. The molecule has 0 fully saturated rings. The second kappa shape index (κ2) is 6.79. The van der Waals surface area contributed by atoms with Crippen LogP contribution in [-0.4, -0.2) is 34.4 Å². The third-order valence-corrected chi connectivity index (χ3v) is 3.79. The summed E-state index contributed by atoms with van der Waals surface area (Å²) in [7, 11) is 0. The zero-order valence-electron chi connectivity index (χ0n) is 14.1. The third-order valence-electron chi connectivity index (χ3n) is 3.79. The van der Waals surface area contributed by atoms with E-state index in [2.05, 4.69) is 10.3 Å². The molecule has 26 heavy (non-hydrogen) atoms. The molecular weight excluding hydrogens is 340 g/mol. The van der Waals surface area contributed by atoms with E-state index in [0.29, 0.717) is 5.69 Å². The SMILES string of the molecule is Cc1cccc(NC(=O)CN2C(=O)C(C)Oc3ccc([N+](=O)[O-])nc32)c1. The Morgan fingerprint density at radius 1 is 1.38 bits per heavy atom. The number of carbonyl (C=O) groups is 2. The summed E-state index contributed by atoms with van der Waals surface area (Å²) in [5, 5.41) is 13.7. The van der Waals surface area contributed by atoms with Crippen molar-refractivity contribution in [3.63, 3.8) is 0 Å². The Labute approximate surface area is 148 Å². The van der Waals surface area contributed by atoms with Crippen LogP contribution in [0, 0.1) is 17.0 Å². The molecule has 1 aliphatic heterocycles. The van der Waals surface area contributed by atoms with Gasteiger partial charge in [-0.05, 0) is 47.5 Å². The number of ether oxygens (including phenoxy) is 1. The Morgan fingerprint density at radius 2 is 2.15 bits per heavy atom. The van der Waals surface area contributed by atoms with Gasteiger partial charge in [0, 0.05) is 11.8 Å². The van der Waals surface area contributed by atoms with E-state index in [9.17, 15) is 19.7 Å². The van der Waals surface area contributed by atoms with Gasteiger partial charge in [-0.3, -0.25) is 14.5 Å². The Morgan fingerprint density at radius 3 is 2.85 bits per heavy atom. The van der Waals surface area contributed by atoms with Crippen LogP contribution in [-0.2, 0) is 9.59 Å². The Kier molecular flexibility index (Phi) is 4.53. The predicted molar refractivity (Wildman–Crippen MR) is 93.1 cm³/mol. The minimum absolute atomic E-state index is 0.0401. The maximum absolute atomic E-state index is 12.4. The van der Waals surface area contributed by atoms with Crippen molar-refractivity contribution in [2.45, 2.75) is 20.0 Å². The van der Waals surface area contributed by atoms with Crippen molar-refractivity contribution in [2.24, 2.45) is 0 Å². The van der Waals surface area contributed by atoms with Gasteiger partial charge in [0.1, 0.15) is 6.54 Å². The lowest BCUT2D eigenvalue weighted by atomic mass is 10.2. The molecule has 0 radical (unpaired) electrons. The summed E-state index contributed by atoms with van der Waals surface area (Å²) in [6, 6.07) is 9.76. The number of nitrogens with zero attached hydrogens (tertiary/aromatic N) is 3. The second-order valence-electron chi connectivity index (χ2n) is 5.85. The molecule has 2 amide bonds. The van der Waals surface area contributed by atoms with Crippen molar-refractivity contribution in [1.82, 2.24) is 4.98 Å². The van der Waals surface area contributed by atoms with Gasteiger partial charge in [-0.2, -0.15) is 0 Å². The summed E-state index contributed by atoms with van der Waals surface area (Å²) in [6.45, 7) is 3.10. The molecule has 9 nitrogen and oxygen atoms in total. The van der Waals surface area contributed by atoms with E-state index in [0.717, 1.165) is 10.5 Å². The molecule has 0 saturated heterocycles. The van der Waals surface area contributed by atoms with Gasteiger partial charge in [0.05, 0.1) is 0 Å². The molecule has 1 atom stereocenters. The number of aromatic nitrogens is 1. The zero-order chi connectivity index (χ0) is 18.8. The first kappa shape index (κ1) is 17.3. The molecule has 1 unspecified atom stereocenters. The first-order chi connectivity index (χ1) is 12.3. The molecule has 3 rings (SSSR count). The number of carbonyl (C=O) groups excluding carboxylic acids is 2. The van der Waals surface area contributed by atoms with Gasteiger partial charge in [0.15, 0.2) is 11.9 Å². The lowest BCUT2D eigenvalue weighted by molar-refractivity contribution is -0.389. The molecule has 1 aromatic carbocycles. The molecule has 0 spiro atoms. The fraction of sp³-hybridized carbons (Fsp3) is 0.235. The minimum Gasteiger partial charge on any atom is -0.475 e. The summed E-state index contributed by atoms with van der Waals surface area (Å²) in [5.41, 5.74) is 1.57. The van der Waals surface area contributed by atoms with E-state index < -0.39 is 28.7 Å². The Balaban J connectivity index is 1.86. The van der Waals surface area contributed by atoms with Crippen LogP contribution in [0.25, 0.3) is 0 Å². The van der Waals surface area contributed by atoms with Gasteiger partial charge in [0.25, 0.3) is 11.7 Å². The van der Waals surface area contributed by atoms with Crippen LogP contribution >= 0.6 is 0 Å². The van der Waals surface area contributed by atoms with E-state index in [1.54, 1.807) is 18.2 Å².